The van der Waals surface area contributed by atoms with Gasteiger partial charge in [0.05, 0.1) is 22.4 Å². The van der Waals surface area contributed by atoms with Crippen LogP contribution in [0, 0.1) is 0 Å². The van der Waals surface area contributed by atoms with Gasteiger partial charge in [-0.3, -0.25) is 4.57 Å². The summed E-state index contributed by atoms with van der Waals surface area (Å²) in [6, 6.07) is 77.6. The van der Waals surface area contributed by atoms with E-state index in [0.29, 0.717) is 0 Å². The molecule has 340 valence electrons. The van der Waals surface area contributed by atoms with Crippen molar-refractivity contribution in [3.8, 4) is 5.82 Å². The third-order valence-electron chi connectivity index (χ3n) is 14.5. The standard InChI is InChI=1S/C64H61BN4/c1-62(2,3)47-37-38-66-61(42-47)69-58-33-20-18-31-55(58)56-36-35-52(44-60(56)69)65(50-27-16-11-17-28-50)51-29-22-30-54(43-51)68(8)59-34-21-19-32-57(59)67-53-40-48(63(4,5)45-23-12-9-13-24-45)39-49(41-53)64(6,7)46-25-14-10-15-26-46/h9-44,67H,1-8H3. The van der Waals surface area contributed by atoms with Gasteiger partial charge in [-0.15, -0.1) is 0 Å². The predicted molar refractivity (Wildman–Crippen MR) is 296 cm³/mol. The molecule has 0 unspecified atom stereocenters. The van der Waals surface area contributed by atoms with Crippen LogP contribution < -0.4 is 26.6 Å². The van der Waals surface area contributed by atoms with E-state index in [-0.39, 0.29) is 23.0 Å². The minimum absolute atomic E-state index is 0.0111. The summed E-state index contributed by atoms with van der Waals surface area (Å²) in [5.74, 6) is 0.931. The van der Waals surface area contributed by atoms with Crippen LogP contribution in [0.3, 0.4) is 0 Å². The Hall–Kier alpha value is -7.63. The quantitative estimate of drug-likeness (QED) is 0.124. The first kappa shape index (κ1) is 45.2. The van der Waals surface area contributed by atoms with Crippen LogP contribution in [0.1, 0.15) is 76.3 Å². The molecule has 10 aromatic rings. The molecule has 5 heteroatoms. The average Bonchev–Trinajstić information content (AvgIpc) is 3.71. The van der Waals surface area contributed by atoms with Gasteiger partial charge in [0.1, 0.15) is 5.82 Å². The van der Waals surface area contributed by atoms with Gasteiger partial charge < -0.3 is 10.2 Å². The molecule has 4 nitrogen and oxygen atoms in total. The summed E-state index contributed by atoms with van der Waals surface area (Å²) in [6.45, 7) is 16.1. The van der Waals surface area contributed by atoms with Crippen molar-refractivity contribution < 1.29 is 0 Å². The monoisotopic (exact) mass is 896 g/mol. The number of hydrogen-bond acceptors (Lipinski definition) is 3. The Labute approximate surface area is 409 Å². The Morgan fingerprint density at radius 3 is 1.68 bits per heavy atom. The van der Waals surface area contributed by atoms with Crippen LogP contribution >= 0.6 is 0 Å². The fourth-order valence-electron chi connectivity index (χ4n) is 10.2. The van der Waals surface area contributed by atoms with E-state index in [9.17, 15) is 0 Å². The Bertz CT molecular complexity index is 3350. The van der Waals surface area contributed by atoms with Crippen LogP contribution in [0.5, 0.6) is 0 Å². The molecule has 0 bridgehead atoms. The molecule has 2 aromatic heterocycles. The van der Waals surface area contributed by atoms with Crippen LogP contribution in [-0.2, 0) is 16.2 Å². The van der Waals surface area contributed by atoms with Gasteiger partial charge in [0.15, 0.2) is 0 Å². The van der Waals surface area contributed by atoms with Gasteiger partial charge in [-0.1, -0.05) is 217 Å². The van der Waals surface area contributed by atoms with Gasteiger partial charge >= 0.3 is 0 Å². The highest BCUT2D eigenvalue weighted by molar-refractivity contribution is 6.95. The van der Waals surface area contributed by atoms with E-state index < -0.39 is 0 Å². The zero-order chi connectivity index (χ0) is 47.9. The Morgan fingerprint density at radius 1 is 0.449 bits per heavy atom. The number of para-hydroxylation sites is 3. The van der Waals surface area contributed by atoms with Crippen molar-refractivity contribution in [1.29, 1.82) is 0 Å². The van der Waals surface area contributed by atoms with Crippen LogP contribution in [0.2, 0.25) is 0 Å². The van der Waals surface area contributed by atoms with E-state index in [4.69, 9.17) is 4.98 Å². The number of fused-ring (bicyclic) bond motifs is 3. The van der Waals surface area contributed by atoms with Crippen molar-refractivity contribution in [3.05, 3.63) is 246 Å². The van der Waals surface area contributed by atoms with Gasteiger partial charge in [-0.05, 0) is 93.9 Å². The first-order valence-electron chi connectivity index (χ1n) is 24.3. The molecule has 1 N–H and O–H groups in total. The number of aromatic nitrogens is 2. The summed E-state index contributed by atoms with van der Waals surface area (Å²) in [4.78, 5) is 7.30. The molecule has 0 aliphatic rings. The number of anilines is 4. The highest BCUT2D eigenvalue weighted by Crippen LogP contribution is 2.41. The lowest BCUT2D eigenvalue weighted by Gasteiger charge is -2.32. The number of pyridine rings is 1. The summed E-state index contributed by atoms with van der Waals surface area (Å²) in [6.07, 6.45) is 1.95. The summed E-state index contributed by atoms with van der Waals surface area (Å²) in [7, 11) is 2.18. The lowest BCUT2D eigenvalue weighted by molar-refractivity contribution is 0.588. The number of nitrogens with zero attached hydrogens (tertiary/aromatic N) is 3. The van der Waals surface area contributed by atoms with Crippen molar-refractivity contribution in [1.82, 2.24) is 9.55 Å². The molecule has 8 aromatic carbocycles. The second-order valence-electron chi connectivity index (χ2n) is 20.7. The number of hydrogen-bond donors (Lipinski definition) is 1. The summed E-state index contributed by atoms with van der Waals surface area (Å²) in [5, 5.41) is 6.38. The second-order valence-corrected chi connectivity index (χ2v) is 20.7. The highest BCUT2D eigenvalue weighted by atomic mass is 15.1. The second kappa shape index (κ2) is 18.1. The van der Waals surface area contributed by atoms with E-state index >= 15 is 0 Å². The van der Waals surface area contributed by atoms with Crippen LogP contribution in [0.15, 0.2) is 219 Å². The number of rotatable bonds is 12. The minimum Gasteiger partial charge on any atom is -0.354 e. The van der Waals surface area contributed by atoms with Crippen molar-refractivity contribution in [3.63, 3.8) is 0 Å². The third kappa shape index (κ3) is 8.75. The summed E-state index contributed by atoms with van der Waals surface area (Å²) in [5.41, 5.74) is 16.1. The largest absolute Gasteiger partial charge is 0.354 e. The number of nitrogens with one attached hydrogen (secondary N) is 1. The zero-order valence-corrected chi connectivity index (χ0v) is 41.2. The average molecular weight is 897 g/mol. The van der Waals surface area contributed by atoms with E-state index in [1.54, 1.807) is 0 Å². The van der Waals surface area contributed by atoms with Crippen molar-refractivity contribution in [2.45, 2.75) is 64.7 Å². The first-order valence-corrected chi connectivity index (χ1v) is 24.3. The van der Waals surface area contributed by atoms with Crippen molar-refractivity contribution >= 4 is 67.7 Å². The Balaban J connectivity index is 1.05. The Morgan fingerprint density at radius 2 is 1.01 bits per heavy atom. The molecule has 0 fully saturated rings. The maximum absolute atomic E-state index is 4.99. The molecule has 0 radical (unpaired) electrons. The van der Waals surface area contributed by atoms with Crippen LogP contribution in [0.25, 0.3) is 27.6 Å². The molecule has 0 atom stereocenters. The fraction of sp³-hybridized carbons (Fsp3) is 0.172. The maximum atomic E-state index is 4.99. The lowest BCUT2D eigenvalue weighted by atomic mass is 9.37. The Kier molecular flexibility index (Phi) is 11.9. The topological polar surface area (TPSA) is 33.1 Å². The first-order chi connectivity index (χ1) is 33.3. The minimum atomic E-state index is -0.234. The lowest BCUT2D eigenvalue weighted by Crippen LogP contribution is -2.52. The normalized spacial score (nSPS) is 12.1. The summed E-state index contributed by atoms with van der Waals surface area (Å²) >= 11 is 0. The van der Waals surface area contributed by atoms with E-state index in [1.807, 2.05) is 6.20 Å². The van der Waals surface area contributed by atoms with Crippen molar-refractivity contribution in [2.24, 2.45) is 0 Å². The van der Waals surface area contributed by atoms with Gasteiger partial charge in [-0.2, -0.15) is 0 Å². The zero-order valence-electron chi connectivity index (χ0n) is 41.2. The smallest absolute Gasteiger partial charge is 0.241 e. The highest BCUT2D eigenvalue weighted by Gasteiger charge is 2.30. The maximum Gasteiger partial charge on any atom is 0.241 e. The SMILES string of the molecule is CN(c1cccc(B(c2ccccc2)c2ccc3c4ccccc4n(-c4cc(C(C)(C)C)ccn4)c3c2)c1)c1ccccc1Nc1cc(C(C)(C)c2ccccc2)cc(C(C)(C)c2ccccc2)c1. The van der Waals surface area contributed by atoms with E-state index in [0.717, 1.165) is 39.6 Å². The third-order valence-corrected chi connectivity index (χ3v) is 14.5. The van der Waals surface area contributed by atoms with Crippen LogP contribution in [-0.4, -0.2) is 23.3 Å². The molecule has 0 amide bonds. The molecule has 2 heterocycles. The molecule has 10 rings (SSSR count). The van der Waals surface area contributed by atoms with Crippen LogP contribution in [0.4, 0.5) is 22.7 Å². The fourth-order valence-corrected chi connectivity index (χ4v) is 10.2. The molecule has 0 saturated carbocycles. The molecule has 0 aliphatic carbocycles. The molecule has 69 heavy (non-hydrogen) atoms. The van der Waals surface area contributed by atoms with E-state index in [2.05, 4.69) is 283 Å². The molecule has 0 saturated heterocycles. The van der Waals surface area contributed by atoms with Gasteiger partial charge in [0.25, 0.3) is 0 Å². The summed E-state index contributed by atoms with van der Waals surface area (Å²) < 4.78 is 2.35. The van der Waals surface area contributed by atoms with Gasteiger partial charge in [-0.25, -0.2) is 4.98 Å². The van der Waals surface area contributed by atoms with Gasteiger partial charge in [0, 0.05) is 46.2 Å². The molecular weight excluding hydrogens is 836 g/mol. The van der Waals surface area contributed by atoms with E-state index in [1.165, 1.54) is 55.0 Å². The molecule has 0 aliphatic heterocycles. The predicted octanol–water partition coefficient (Wildman–Crippen LogP) is 14.2. The molecular formula is C64H61BN4. The molecule has 0 spiro atoms. The van der Waals surface area contributed by atoms with Crippen molar-refractivity contribution in [2.75, 3.05) is 17.3 Å². The number of benzene rings is 8. The van der Waals surface area contributed by atoms with Gasteiger partial charge in [0.2, 0.25) is 6.71 Å².